The van der Waals surface area contributed by atoms with E-state index < -0.39 is 0 Å². The van der Waals surface area contributed by atoms with E-state index in [1.807, 2.05) is 22.3 Å². The Balaban J connectivity index is 2.30. The summed E-state index contributed by atoms with van der Waals surface area (Å²) >= 11 is 0.465. The first kappa shape index (κ1) is 13.1. The standard InChI is InChI=1S/C12H18OSSe/c1-2-3-6-9-14-15-12-8-5-4-7-11(12)10-13/h4-5,7-8,13H,2-3,6,9-10H2,1H3. The van der Waals surface area contributed by atoms with Crippen LogP contribution >= 0.6 is 10.2 Å². The van der Waals surface area contributed by atoms with Crippen molar-refractivity contribution in [3.63, 3.8) is 0 Å². The van der Waals surface area contributed by atoms with Crippen LogP contribution in [0.5, 0.6) is 0 Å². The van der Waals surface area contributed by atoms with Crippen LogP contribution in [0.15, 0.2) is 24.3 Å². The minimum atomic E-state index is 0.174. The molecule has 0 heterocycles. The van der Waals surface area contributed by atoms with Crippen LogP contribution in [-0.4, -0.2) is 24.7 Å². The fourth-order valence-corrected chi connectivity index (χ4v) is 5.46. The van der Waals surface area contributed by atoms with Crippen LogP contribution in [0.1, 0.15) is 31.7 Å². The van der Waals surface area contributed by atoms with E-state index in [2.05, 4.69) is 19.1 Å². The molecule has 0 fully saturated rings. The van der Waals surface area contributed by atoms with E-state index in [0.29, 0.717) is 13.8 Å². The van der Waals surface area contributed by atoms with Gasteiger partial charge in [0.25, 0.3) is 0 Å². The molecule has 0 saturated heterocycles. The number of rotatable bonds is 7. The molecule has 0 aliphatic rings. The van der Waals surface area contributed by atoms with Gasteiger partial charge in [0.1, 0.15) is 0 Å². The van der Waals surface area contributed by atoms with Crippen molar-refractivity contribution in [1.82, 2.24) is 0 Å². The maximum absolute atomic E-state index is 9.16. The van der Waals surface area contributed by atoms with Crippen LogP contribution in [0.25, 0.3) is 0 Å². The van der Waals surface area contributed by atoms with Gasteiger partial charge in [-0.05, 0) is 0 Å². The summed E-state index contributed by atoms with van der Waals surface area (Å²) in [7, 11) is 2.03. The first-order valence-corrected chi connectivity index (χ1v) is 9.23. The Morgan fingerprint density at radius 3 is 2.80 bits per heavy atom. The van der Waals surface area contributed by atoms with Gasteiger partial charge in [-0.1, -0.05) is 0 Å². The zero-order valence-corrected chi connectivity index (χ0v) is 11.6. The van der Waals surface area contributed by atoms with E-state index in [-0.39, 0.29) is 6.61 Å². The molecule has 15 heavy (non-hydrogen) atoms. The third kappa shape index (κ3) is 5.07. The molecule has 1 aromatic carbocycles. The molecule has 0 aromatic heterocycles. The number of aliphatic hydroxyl groups excluding tert-OH is 1. The summed E-state index contributed by atoms with van der Waals surface area (Å²) in [6.07, 6.45) is 3.95. The third-order valence-electron chi connectivity index (χ3n) is 2.12. The summed E-state index contributed by atoms with van der Waals surface area (Å²) in [5, 5.41) is 9.16. The molecular formula is C12H18OSSe. The van der Waals surface area contributed by atoms with Crippen molar-refractivity contribution in [2.45, 2.75) is 32.8 Å². The van der Waals surface area contributed by atoms with Crippen LogP contribution in [0.3, 0.4) is 0 Å². The molecule has 0 bridgehead atoms. The average Bonchev–Trinajstić information content (AvgIpc) is 2.29. The van der Waals surface area contributed by atoms with Gasteiger partial charge in [0.05, 0.1) is 0 Å². The maximum atomic E-state index is 9.16. The summed E-state index contributed by atoms with van der Waals surface area (Å²) in [5.41, 5.74) is 1.10. The molecule has 0 aliphatic heterocycles. The summed E-state index contributed by atoms with van der Waals surface area (Å²) < 4.78 is 1.34. The van der Waals surface area contributed by atoms with Gasteiger partial charge in [-0.25, -0.2) is 0 Å². The van der Waals surface area contributed by atoms with Crippen molar-refractivity contribution in [2.24, 2.45) is 0 Å². The van der Waals surface area contributed by atoms with Gasteiger partial charge < -0.3 is 0 Å². The number of unbranched alkanes of at least 4 members (excludes halogenated alkanes) is 2. The van der Waals surface area contributed by atoms with Gasteiger partial charge in [0, 0.05) is 0 Å². The first-order chi connectivity index (χ1) is 7.38. The Labute approximate surface area is 102 Å². The van der Waals surface area contributed by atoms with E-state index in [1.165, 1.54) is 29.5 Å². The fourth-order valence-electron chi connectivity index (χ4n) is 1.23. The SMILES string of the molecule is CCCCCS[Se]c1ccccc1CO. The molecule has 0 atom stereocenters. The zero-order valence-electron chi connectivity index (χ0n) is 9.11. The van der Waals surface area contributed by atoms with E-state index in [0.717, 1.165) is 5.56 Å². The molecule has 0 amide bonds. The fraction of sp³-hybridized carbons (Fsp3) is 0.500. The van der Waals surface area contributed by atoms with Crippen LogP contribution < -0.4 is 4.46 Å². The van der Waals surface area contributed by atoms with Gasteiger partial charge in [0.2, 0.25) is 0 Å². The van der Waals surface area contributed by atoms with Gasteiger partial charge in [-0.2, -0.15) is 0 Å². The van der Waals surface area contributed by atoms with E-state index >= 15 is 0 Å². The van der Waals surface area contributed by atoms with Gasteiger partial charge in [-0.15, -0.1) is 0 Å². The molecule has 0 saturated carbocycles. The van der Waals surface area contributed by atoms with E-state index in [1.54, 1.807) is 0 Å². The number of hydrogen-bond donors (Lipinski definition) is 1. The second-order valence-electron chi connectivity index (χ2n) is 3.38. The summed E-state index contributed by atoms with van der Waals surface area (Å²) in [6.45, 7) is 2.41. The van der Waals surface area contributed by atoms with Crippen molar-refractivity contribution < 1.29 is 5.11 Å². The van der Waals surface area contributed by atoms with Crippen molar-refractivity contribution in [1.29, 1.82) is 0 Å². The molecule has 0 spiro atoms. The average molecular weight is 289 g/mol. The van der Waals surface area contributed by atoms with Crippen molar-refractivity contribution in [3.05, 3.63) is 29.8 Å². The molecule has 0 radical (unpaired) electrons. The quantitative estimate of drug-likeness (QED) is 0.614. The number of aliphatic hydroxyl groups is 1. The predicted octanol–water partition coefficient (Wildman–Crippen LogP) is 2.35. The summed E-state index contributed by atoms with van der Waals surface area (Å²) in [5.74, 6) is 1.26. The molecule has 0 aliphatic carbocycles. The first-order valence-electron chi connectivity index (χ1n) is 5.36. The van der Waals surface area contributed by atoms with Crippen LogP contribution in [0, 0.1) is 0 Å². The van der Waals surface area contributed by atoms with Crippen LogP contribution in [0.2, 0.25) is 0 Å². The Morgan fingerprint density at radius 2 is 2.07 bits per heavy atom. The second-order valence-corrected chi connectivity index (χ2v) is 7.64. The zero-order chi connectivity index (χ0) is 10.9. The Hall–Kier alpha value is 0.0495. The van der Waals surface area contributed by atoms with E-state index in [9.17, 15) is 0 Å². The predicted molar refractivity (Wildman–Crippen MR) is 69.7 cm³/mol. The molecular weight excluding hydrogens is 271 g/mol. The normalized spacial score (nSPS) is 10.5. The Kier molecular flexibility index (Phi) is 7.20. The number of hydrogen-bond acceptors (Lipinski definition) is 2. The monoisotopic (exact) mass is 290 g/mol. The summed E-state index contributed by atoms with van der Waals surface area (Å²) in [6, 6.07) is 8.21. The summed E-state index contributed by atoms with van der Waals surface area (Å²) in [4.78, 5) is 0. The van der Waals surface area contributed by atoms with E-state index in [4.69, 9.17) is 5.11 Å². The van der Waals surface area contributed by atoms with Gasteiger partial charge in [0.15, 0.2) is 0 Å². The third-order valence-corrected chi connectivity index (χ3v) is 6.63. The topological polar surface area (TPSA) is 20.2 Å². The van der Waals surface area contributed by atoms with Crippen molar-refractivity contribution in [3.8, 4) is 0 Å². The molecule has 1 aromatic rings. The minimum absolute atomic E-state index is 0.174. The molecule has 1 rings (SSSR count). The Bertz CT molecular complexity index is 278. The molecule has 3 heteroatoms. The second kappa shape index (κ2) is 8.23. The number of benzene rings is 1. The molecule has 84 valence electrons. The molecule has 1 N–H and O–H groups in total. The Morgan fingerprint density at radius 1 is 1.27 bits per heavy atom. The molecule has 1 nitrogen and oxygen atoms in total. The van der Waals surface area contributed by atoms with Crippen molar-refractivity contribution >= 4 is 28.5 Å². The van der Waals surface area contributed by atoms with Crippen molar-refractivity contribution in [2.75, 3.05) is 5.75 Å². The molecule has 0 unspecified atom stereocenters. The van der Waals surface area contributed by atoms with Crippen LogP contribution in [-0.2, 0) is 6.61 Å². The van der Waals surface area contributed by atoms with Gasteiger partial charge in [-0.3, -0.25) is 0 Å². The van der Waals surface area contributed by atoms with Crippen LogP contribution in [0.4, 0.5) is 0 Å². The van der Waals surface area contributed by atoms with Gasteiger partial charge >= 0.3 is 102 Å².